The summed E-state index contributed by atoms with van der Waals surface area (Å²) in [6.07, 6.45) is 1.05. The number of hydroxylamine groups is 1. The second kappa shape index (κ2) is 15.7. The highest BCUT2D eigenvalue weighted by atomic mass is 16.7. The van der Waals surface area contributed by atoms with Crippen LogP contribution in [0, 0.1) is 5.92 Å². The number of benzene rings is 2. The molecule has 0 bridgehead atoms. The van der Waals surface area contributed by atoms with Gasteiger partial charge in [-0.2, -0.15) is 0 Å². The van der Waals surface area contributed by atoms with E-state index in [9.17, 15) is 14.4 Å². The first-order valence-corrected chi connectivity index (χ1v) is 12.3. The van der Waals surface area contributed by atoms with E-state index in [0.29, 0.717) is 6.42 Å². The molecule has 0 aromatic heterocycles. The lowest BCUT2D eigenvalue weighted by molar-refractivity contribution is -0.161. The number of hydrogen-bond donors (Lipinski definition) is 1. The molecule has 0 heterocycles. The van der Waals surface area contributed by atoms with Gasteiger partial charge in [0, 0.05) is 20.0 Å². The van der Waals surface area contributed by atoms with E-state index in [4.69, 9.17) is 14.3 Å². The number of amides is 2. The van der Waals surface area contributed by atoms with Gasteiger partial charge < -0.3 is 14.4 Å². The third kappa shape index (κ3) is 9.79. The zero-order valence-electron chi connectivity index (χ0n) is 21.6. The number of rotatable bonds is 15. The predicted octanol–water partition coefficient (Wildman–Crippen LogP) is 3.69. The number of hydrogen-bond acceptors (Lipinski definition) is 6. The number of nitrogens with zero attached hydrogens (tertiary/aromatic N) is 1. The van der Waals surface area contributed by atoms with Crippen molar-refractivity contribution in [2.45, 2.75) is 58.7 Å². The Morgan fingerprint density at radius 3 is 2.08 bits per heavy atom. The van der Waals surface area contributed by atoms with Gasteiger partial charge in [0.15, 0.2) is 0 Å². The third-order valence-electron chi connectivity index (χ3n) is 5.69. The zero-order valence-corrected chi connectivity index (χ0v) is 21.6. The van der Waals surface area contributed by atoms with Gasteiger partial charge in [0.1, 0.15) is 18.7 Å². The van der Waals surface area contributed by atoms with Gasteiger partial charge in [-0.3, -0.25) is 14.4 Å². The lowest BCUT2D eigenvalue weighted by atomic mass is 10.0. The summed E-state index contributed by atoms with van der Waals surface area (Å²) in [4.78, 5) is 46.4. The molecular formula is C28H38N2O6. The van der Waals surface area contributed by atoms with Crippen LogP contribution in [-0.2, 0) is 41.7 Å². The van der Waals surface area contributed by atoms with Crippen LogP contribution >= 0.6 is 0 Å². The lowest BCUT2D eigenvalue weighted by Crippen LogP contribution is -2.56. The molecule has 0 radical (unpaired) electrons. The fourth-order valence-corrected chi connectivity index (χ4v) is 3.63. The minimum atomic E-state index is -0.987. The van der Waals surface area contributed by atoms with E-state index in [-0.39, 0.29) is 44.5 Å². The maximum Gasteiger partial charge on any atom is 0.329 e. The average Bonchev–Trinajstić information content (AvgIpc) is 2.88. The molecule has 0 saturated carbocycles. The maximum atomic E-state index is 13.4. The number of esters is 1. The molecule has 1 N–H and O–H groups in total. The normalized spacial score (nSPS) is 12.6. The topological polar surface area (TPSA) is 94.2 Å². The largest absolute Gasteiger partial charge is 0.462 e. The van der Waals surface area contributed by atoms with Gasteiger partial charge >= 0.3 is 5.97 Å². The Labute approximate surface area is 213 Å². The molecule has 8 nitrogen and oxygen atoms in total. The van der Waals surface area contributed by atoms with Crippen molar-refractivity contribution in [3.8, 4) is 0 Å². The molecule has 2 aromatic carbocycles. The second-order valence-corrected chi connectivity index (χ2v) is 9.02. The van der Waals surface area contributed by atoms with Gasteiger partial charge in [-0.05, 0) is 30.4 Å². The number of methoxy groups -OCH3 is 1. The van der Waals surface area contributed by atoms with Crippen LogP contribution in [0.1, 0.15) is 44.7 Å². The van der Waals surface area contributed by atoms with E-state index < -0.39 is 24.0 Å². The summed E-state index contributed by atoms with van der Waals surface area (Å²) in [6, 6.07) is 16.8. The van der Waals surface area contributed by atoms with Crippen molar-refractivity contribution in [3.05, 3.63) is 71.8 Å². The Balaban J connectivity index is 2.25. The van der Waals surface area contributed by atoms with Crippen LogP contribution in [0.4, 0.5) is 0 Å². The summed E-state index contributed by atoms with van der Waals surface area (Å²) >= 11 is 0. The minimum absolute atomic E-state index is 0.0510. The number of ether oxygens (including phenoxy) is 2. The molecule has 36 heavy (non-hydrogen) atoms. The van der Waals surface area contributed by atoms with Gasteiger partial charge in [0.05, 0.1) is 13.2 Å². The summed E-state index contributed by atoms with van der Waals surface area (Å²) in [7, 11) is 1.51. The van der Waals surface area contributed by atoms with Crippen LogP contribution in [-0.4, -0.2) is 55.1 Å². The molecule has 0 unspecified atom stereocenters. The molecular weight excluding hydrogens is 460 g/mol. The number of carbonyl (C=O) groups is 3. The third-order valence-corrected chi connectivity index (χ3v) is 5.69. The Morgan fingerprint density at radius 1 is 0.889 bits per heavy atom. The quantitative estimate of drug-likeness (QED) is 0.229. The van der Waals surface area contributed by atoms with Gasteiger partial charge in [-0.15, -0.1) is 0 Å². The van der Waals surface area contributed by atoms with E-state index in [1.165, 1.54) is 12.0 Å². The fraction of sp³-hybridized carbons (Fsp3) is 0.464. The minimum Gasteiger partial charge on any atom is -0.462 e. The summed E-state index contributed by atoms with van der Waals surface area (Å²) in [6.45, 7) is 6.09. The average molecular weight is 499 g/mol. The van der Waals surface area contributed by atoms with Crippen LogP contribution in [0.15, 0.2) is 60.7 Å². The van der Waals surface area contributed by atoms with Gasteiger partial charge in [0.25, 0.3) is 5.91 Å². The summed E-state index contributed by atoms with van der Waals surface area (Å²) in [5.74, 6) is -1.11. The van der Waals surface area contributed by atoms with E-state index in [2.05, 4.69) is 5.48 Å². The highest BCUT2D eigenvalue weighted by Gasteiger charge is 2.37. The fourth-order valence-electron chi connectivity index (χ4n) is 3.63. The molecule has 2 atom stereocenters. The molecule has 0 spiro atoms. The Kier molecular flexibility index (Phi) is 12.6. The van der Waals surface area contributed by atoms with E-state index in [1.54, 1.807) is 6.92 Å². The molecule has 0 fully saturated rings. The van der Waals surface area contributed by atoms with Crippen molar-refractivity contribution in [3.63, 3.8) is 0 Å². The SMILES string of the molecule is COCCOC(=O)[C@H](Cc1ccccc1)N(C(=O)CCC(C)C)[C@@H](C)C(=O)NOCc1ccccc1. The van der Waals surface area contributed by atoms with Crippen LogP contribution in [0.5, 0.6) is 0 Å². The summed E-state index contributed by atoms with van der Waals surface area (Å²) in [5.41, 5.74) is 4.17. The van der Waals surface area contributed by atoms with Crippen LogP contribution in [0.3, 0.4) is 0 Å². The number of nitrogens with one attached hydrogen (secondary N) is 1. The van der Waals surface area contributed by atoms with Gasteiger partial charge in [0.2, 0.25) is 5.91 Å². The zero-order chi connectivity index (χ0) is 26.3. The maximum absolute atomic E-state index is 13.4. The molecule has 196 valence electrons. The molecule has 2 aromatic rings. The van der Waals surface area contributed by atoms with Crippen molar-refractivity contribution >= 4 is 17.8 Å². The highest BCUT2D eigenvalue weighted by molar-refractivity contribution is 5.91. The first-order valence-electron chi connectivity index (χ1n) is 12.3. The van der Waals surface area contributed by atoms with Gasteiger partial charge in [-0.25, -0.2) is 10.3 Å². The molecule has 0 aliphatic rings. The van der Waals surface area contributed by atoms with Crippen LogP contribution < -0.4 is 5.48 Å². The molecule has 2 amide bonds. The van der Waals surface area contributed by atoms with Crippen LogP contribution in [0.25, 0.3) is 0 Å². The molecule has 0 aliphatic carbocycles. The first kappa shape index (κ1) is 29.0. The standard InChI is InChI=1S/C28H38N2O6/c1-21(2)15-16-26(31)30(22(3)27(32)29-36-20-24-13-9-6-10-14-24)25(28(33)35-18-17-34-4)19-23-11-7-5-8-12-23/h5-14,21-22,25H,15-20H2,1-4H3,(H,29,32)/t22-,25-/m0/s1. The second-order valence-electron chi connectivity index (χ2n) is 9.02. The molecule has 0 saturated heterocycles. The smallest absolute Gasteiger partial charge is 0.329 e. The van der Waals surface area contributed by atoms with Crippen LogP contribution in [0.2, 0.25) is 0 Å². The Bertz CT molecular complexity index is 936. The summed E-state index contributed by atoms with van der Waals surface area (Å²) < 4.78 is 10.4. The Morgan fingerprint density at radius 2 is 1.50 bits per heavy atom. The van der Waals surface area contributed by atoms with Crippen molar-refractivity contribution in [1.82, 2.24) is 10.4 Å². The lowest BCUT2D eigenvalue weighted by Gasteiger charge is -2.35. The van der Waals surface area contributed by atoms with E-state index >= 15 is 0 Å². The molecule has 8 heteroatoms. The van der Waals surface area contributed by atoms with Crippen molar-refractivity contribution in [1.29, 1.82) is 0 Å². The van der Waals surface area contributed by atoms with E-state index in [1.807, 2.05) is 74.5 Å². The van der Waals surface area contributed by atoms with Crippen molar-refractivity contribution < 1.29 is 28.7 Å². The Hall–Kier alpha value is -3.23. The molecule has 2 rings (SSSR count). The highest BCUT2D eigenvalue weighted by Crippen LogP contribution is 2.18. The first-order chi connectivity index (χ1) is 17.3. The predicted molar refractivity (Wildman–Crippen MR) is 137 cm³/mol. The van der Waals surface area contributed by atoms with Crippen molar-refractivity contribution in [2.24, 2.45) is 5.92 Å². The van der Waals surface area contributed by atoms with Crippen molar-refractivity contribution in [2.75, 3.05) is 20.3 Å². The van der Waals surface area contributed by atoms with Gasteiger partial charge in [-0.1, -0.05) is 74.5 Å². The monoisotopic (exact) mass is 498 g/mol. The number of carbonyl (C=O) groups excluding carboxylic acids is 3. The molecule has 0 aliphatic heterocycles. The summed E-state index contributed by atoms with van der Waals surface area (Å²) in [5, 5.41) is 0. The van der Waals surface area contributed by atoms with E-state index in [0.717, 1.165) is 11.1 Å².